The van der Waals surface area contributed by atoms with Crippen molar-refractivity contribution >= 4 is 17.9 Å². The van der Waals surface area contributed by atoms with Crippen LogP contribution < -0.4 is 5.32 Å². The highest BCUT2D eigenvalue weighted by atomic mass is 16.6. The summed E-state index contributed by atoms with van der Waals surface area (Å²) in [7, 11) is 0. The molecule has 0 atom stereocenters. The van der Waals surface area contributed by atoms with Gasteiger partial charge >= 0.3 is 6.09 Å². The van der Waals surface area contributed by atoms with Crippen LogP contribution in [-0.4, -0.2) is 66.0 Å². The molecule has 1 fully saturated rings. The van der Waals surface area contributed by atoms with Crippen LogP contribution in [0.15, 0.2) is 18.2 Å². The van der Waals surface area contributed by atoms with Gasteiger partial charge in [0.25, 0.3) is 5.91 Å². The van der Waals surface area contributed by atoms with E-state index in [0.29, 0.717) is 31.7 Å². The van der Waals surface area contributed by atoms with Crippen molar-refractivity contribution in [1.29, 1.82) is 0 Å². The number of hydrogen-bond donors (Lipinski definition) is 1. The number of carbonyl (C=O) groups is 3. The SMILES string of the molecule is Cc1ccc(C(=O)N2CCCN(C(=O)CCNC(=O)OC(C)(C)C)CC2)cc1C. The summed E-state index contributed by atoms with van der Waals surface area (Å²) < 4.78 is 5.16. The summed E-state index contributed by atoms with van der Waals surface area (Å²) >= 11 is 0. The summed E-state index contributed by atoms with van der Waals surface area (Å²) in [5.41, 5.74) is 2.38. The van der Waals surface area contributed by atoms with Crippen LogP contribution in [0.3, 0.4) is 0 Å². The van der Waals surface area contributed by atoms with E-state index in [0.717, 1.165) is 17.5 Å². The van der Waals surface area contributed by atoms with Gasteiger partial charge in [0.2, 0.25) is 5.91 Å². The van der Waals surface area contributed by atoms with Crippen molar-refractivity contribution < 1.29 is 19.1 Å². The van der Waals surface area contributed by atoms with Crippen LogP contribution in [0.25, 0.3) is 0 Å². The van der Waals surface area contributed by atoms with Gasteiger partial charge in [-0.1, -0.05) is 6.07 Å². The summed E-state index contributed by atoms with van der Waals surface area (Å²) in [6.45, 7) is 11.9. The van der Waals surface area contributed by atoms with Gasteiger partial charge < -0.3 is 19.9 Å². The first-order chi connectivity index (χ1) is 13.6. The lowest BCUT2D eigenvalue weighted by atomic mass is 10.1. The predicted molar refractivity (Wildman–Crippen MR) is 112 cm³/mol. The van der Waals surface area contributed by atoms with Crippen molar-refractivity contribution in [2.45, 2.75) is 53.1 Å². The summed E-state index contributed by atoms with van der Waals surface area (Å²) in [6.07, 6.45) is 0.429. The number of alkyl carbamates (subject to hydrolysis) is 1. The molecule has 160 valence electrons. The van der Waals surface area contributed by atoms with E-state index in [-0.39, 0.29) is 24.8 Å². The van der Waals surface area contributed by atoms with Crippen LogP contribution in [0, 0.1) is 13.8 Å². The first-order valence-electron chi connectivity index (χ1n) is 10.2. The number of rotatable bonds is 4. The molecule has 1 aliphatic heterocycles. The Balaban J connectivity index is 1.82. The fraction of sp³-hybridized carbons (Fsp3) is 0.591. The Morgan fingerprint density at radius 2 is 1.66 bits per heavy atom. The molecule has 7 heteroatoms. The Bertz CT molecular complexity index is 755. The first-order valence-corrected chi connectivity index (χ1v) is 10.2. The third-order valence-electron chi connectivity index (χ3n) is 4.90. The van der Waals surface area contributed by atoms with Gasteiger partial charge in [-0.15, -0.1) is 0 Å². The Labute approximate surface area is 173 Å². The van der Waals surface area contributed by atoms with E-state index in [9.17, 15) is 14.4 Å². The Hall–Kier alpha value is -2.57. The lowest BCUT2D eigenvalue weighted by Gasteiger charge is -2.23. The predicted octanol–water partition coefficient (Wildman–Crippen LogP) is 2.89. The molecule has 1 saturated heterocycles. The van der Waals surface area contributed by atoms with Crippen LogP contribution in [0.5, 0.6) is 0 Å². The standard InChI is InChI=1S/C22H33N3O4/c1-16-7-8-18(15-17(16)2)20(27)25-12-6-11-24(13-14-25)19(26)9-10-23-21(28)29-22(3,4)5/h7-8,15H,6,9-14H2,1-5H3,(H,23,28). The minimum Gasteiger partial charge on any atom is -0.444 e. The fourth-order valence-electron chi connectivity index (χ4n) is 3.17. The summed E-state index contributed by atoms with van der Waals surface area (Å²) in [5, 5.41) is 2.61. The van der Waals surface area contributed by atoms with Gasteiger partial charge in [0.1, 0.15) is 5.60 Å². The lowest BCUT2D eigenvalue weighted by molar-refractivity contribution is -0.130. The summed E-state index contributed by atoms with van der Waals surface area (Å²) in [6, 6.07) is 5.75. The molecule has 0 unspecified atom stereocenters. The largest absolute Gasteiger partial charge is 0.444 e. The molecule has 1 N–H and O–H groups in total. The molecular weight excluding hydrogens is 370 g/mol. The monoisotopic (exact) mass is 403 g/mol. The maximum Gasteiger partial charge on any atom is 0.407 e. The molecule has 3 amide bonds. The van der Waals surface area contributed by atoms with Crippen LogP contribution >= 0.6 is 0 Å². The van der Waals surface area contributed by atoms with Gasteiger partial charge in [0.15, 0.2) is 0 Å². The minimum absolute atomic E-state index is 0.00833. The van der Waals surface area contributed by atoms with Gasteiger partial charge in [-0.3, -0.25) is 9.59 Å². The van der Waals surface area contributed by atoms with Crippen LogP contribution in [0.2, 0.25) is 0 Å². The minimum atomic E-state index is -0.565. The Morgan fingerprint density at radius 1 is 1.00 bits per heavy atom. The summed E-state index contributed by atoms with van der Waals surface area (Å²) in [5.74, 6) is -0.0180. The Kier molecular flexibility index (Phi) is 7.65. The van der Waals surface area contributed by atoms with E-state index in [1.165, 1.54) is 0 Å². The van der Waals surface area contributed by atoms with E-state index in [1.807, 2.05) is 36.9 Å². The second kappa shape index (κ2) is 9.76. The zero-order valence-corrected chi connectivity index (χ0v) is 18.2. The number of carbonyl (C=O) groups excluding carboxylic acids is 3. The third kappa shape index (κ3) is 7.07. The molecule has 1 aliphatic rings. The van der Waals surface area contributed by atoms with E-state index < -0.39 is 11.7 Å². The average molecular weight is 404 g/mol. The molecule has 0 spiro atoms. The Morgan fingerprint density at radius 3 is 2.31 bits per heavy atom. The molecule has 29 heavy (non-hydrogen) atoms. The normalized spacial score (nSPS) is 14.9. The molecule has 1 heterocycles. The van der Waals surface area contributed by atoms with Crippen molar-refractivity contribution in [1.82, 2.24) is 15.1 Å². The lowest BCUT2D eigenvalue weighted by Crippen LogP contribution is -2.39. The van der Waals surface area contributed by atoms with Gasteiger partial charge in [0, 0.05) is 44.7 Å². The fourth-order valence-corrected chi connectivity index (χ4v) is 3.17. The number of ether oxygens (including phenoxy) is 1. The van der Waals surface area contributed by atoms with E-state index in [4.69, 9.17) is 4.74 Å². The molecular formula is C22H33N3O4. The maximum absolute atomic E-state index is 12.8. The topological polar surface area (TPSA) is 79.0 Å². The molecule has 0 saturated carbocycles. The molecule has 2 rings (SSSR count). The average Bonchev–Trinajstić information content (AvgIpc) is 2.88. The number of nitrogens with zero attached hydrogens (tertiary/aromatic N) is 2. The zero-order valence-electron chi connectivity index (χ0n) is 18.2. The second-order valence-electron chi connectivity index (χ2n) is 8.50. The van der Waals surface area contributed by atoms with Gasteiger partial charge in [-0.2, -0.15) is 0 Å². The smallest absolute Gasteiger partial charge is 0.407 e. The molecule has 0 aromatic heterocycles. The van der Waals surface area contributed by atoms with Crippen molar-refractivity contribution in [3.05, 3.63) is 34.9 Å². The van der Waals surface area contributed by atoms with Crippen LogP contribution in [0.4, 0.5) is 4.79 Å². The van der Waals surface area contributed by atoms with Crippen molar-refractivity contribution in [3.63, 3.8) is 0 Å². The quantitative estimate of drug-likeness (QED) is 0.838. The molecule has 0 radical (unpaired) electrons. The van der Waals surface area contributed by atoms with Crippen LogP contribution in [-0.2, 0) is 9.53 Å². The summed E-state index contributed by atoms with van der Waals surface area (Å²) in [4.78, 5) is 40.5. The number of aryl methyl sites for hydroxylation is 2. The van der Waals surface area contributed by atoms with Gasteiger partial charge in [-0.25, -0.2) is 4.79 Å². The molecule has 7 nitrogen and oxygen atoms in total. The van der Waals surface area contributed by atoms with Gasteiger partial charge in [0.05, 0.1) is 0 Å². The highest BCUT2D eigenvalue weighted by Gasteiger charge is 2.23. The molecule has 0 bridgehead atoms. The second-order valence-corrected chi connectivity index (χ2v) is 8.50. The zero-order chi connectivity index (χ0) is 21.6. The molecule has 0 aliphatic carbocycles. The first kappa shape index (κ1) is 22.7. The maximum atomic E-state index is 12.8. The highest BCUT2D eigenvalue weighted by molar-refractivity contribution is 5.94. The number of hydrogen-bond acceptors (Lipinski definition) is 4. The number of nitrogens with one attached hydrogen (secondary N) is 1. The van der Waals surface area contributed by atoms with Gasteiger partial charge in [-0.05, 0) is 64.3 Å². The van der Waals surface area contributed by atoms with Crippen molar-refractivity contribution in [2.75, 3.05) is 32.7 Å². The highest BCUT2D eigenvalue weighted by Crippen LogP contribution is 2.14. The van der Waals surface area contributed by atoms with Crippen LogP contribution in [0.1, 0.15) is 55.1 Å². The molecule has 1 aromatic rings. The molecule has 1 aromatic carbocycles. The van der Waals surface area contributed by atoms with E-state index in [2.05, 4.69) is 5.32 Å². The number of amides is 3. The van der Waals surface area contributed by atoms with E-state index in [1.54, 1.807) is 25.7 Å². The third-order valence-corrected chi connectivity index (χ3v) is 4.90. The van der Waals surface area contributed by atoms with E-state index >= 15 is 0 Å². The number of benzene rings is 1. The van der Waals surface area contributed by atoms with Crippen molar-refractivity contribution in [2.24, 2.45) is 0 Å². The van der Waals surface area contributed by atoms with Crippen molar-refractivity contribution in [3.8, 4) is 0 Å².